The van der Waals surface area contributed by atoms with Crippen LogP contribution in [0, 0.1) is 17.0 Å². The predicted molar refractivity (Wildman–Crippen MR) is 49.2 cm³/mol. The van der Waals surface area contributed by atoms with Crippen molar-refractivity contribution in [1.29, 1.82) is 0 Å². The summed E-state index contributed by atoms with van der Waals surface area (Å²) in [7, 11) is 0. The van der Waals surface area contributed by atoms with Crippen LogP contribution in [0.1, 0.15) is 26.7 Å². The summed E-state index contributed by atoms with van der Waals surface area (Å²) < 4.78 is 0. The maximum Gasteiger partial charge on any atom is 0.213 e. The topological polar surface area (TPSA) is 46.3 Å². The molecule has 0 aliphatic rings. The van der Waals surface area contributed by atoms with Crippen LogP contribution in [0.3, 0.4) is 0 Å². The molecule has 3 heteroatoms. The van der Waals surface area contributed by atoms with Crippen molar-refractivity contribution in [2.45, 2.75) is 26.7 Å². The molecule has 0 aliphatic heterocycles. The second kappa shape index (κ2) is 5.63. The molecule has 0 aliphatic carbocycles. The zero-order valence-corrected chi connectivity index (χ0v) is 7.73. The molecule has 0 saturated carbocycles. The van der Waals surface area contributed by atoms with Crippen LogP contribution < -0.4 is 0 Å². The molecule has 0 spiro atoms. The lowest BCUT2D eigenvalue weighted by atomic mass is 9.92. The van der Waals surface area contributed by atoms with E-state index in [0.29, 0.717) is 5.92 Å². The van der Waals surface area contributed by atoms with Crippen LogP contribution in [0.25, 0.3) is 0 Å². The minimum atomic E-state index is -0.103. The molecule has 0 bridgehead atoms. The summed E-state index contributed by atoms with van der Waals surface area (Å²) >= 11 is 0. The van der Waals surface area contributed by atoms with Crippen molar-refractivity contribution in [3.05, 3.63) is 17.9 Å². The third kappa shape index (κ3) is 4.77. The van der Waals surface area contributed by atoms with Crippen molar-refractivity contribution in [3.8, 4) is 0 Å². The van der Waals surface area contributed by atoms with Gasteiger partial charge in [-0.25, -0.2) is 0 Å². The molecule has 0 aromatic heterocycles. The summed E-state index contributed by atoms with van der Waals surface area (Å²) in [5.74, 6) is 0.499. The summed E-state index contributed by atoms with van der Waals surface area (Å²) in [6, 6.07) is 0. The fourth-order valence-electron chi connectivity index (χ4n) is 1.05. The first kappa shape index (κ1) is 11.0. The van der Waals surface area contributed by atoms with E-state index >= 15 is 0 Å². The molecule has 0 amide bonds. The number of rotatable bonds is 5. The van der Waals surface area contributed by atoms with Crippen molar-refractivity contribution in [2.24, 2.45) is 11.8 Å². The predicted octanol–water partition coefficient (Wildman–Crippen LogP) is 2.20. The Morgan fingerprint density at radius 1 is 1.58 bits per heavy atom. The summed E-state index contributed by atoms with van der Waals surface area (Å²) in [5.41, 5.74) is 0. The van der Waals surface area contributed by atoms with Gasteiger partial charge in [-0.1, -0.05) is 19.9 Å². The second-order valence-corrected chi connectivity index (χ2v) is 3.23. The van der Waals surface area contributed by atoms with Crippen molar-refractivity contribution in [1.82, 2.24) is 0 Å². The van der Waals surface area contributed by atoms with Crippen molar-refractivity contribution in [2.75, 3.05) is 0 Å². The fourth-order valence-corrected chi connectivity index (χ4v) is 1.05. The van der Waals surface area contributed by atoms with Crippen LogP contribution in [0.15, 0.2) is 12.7 Å². The van der Waals surface area contributed by atoms with Gasteiger partial charge in [0, 0.05) is 10.8 Å². The average Bonchev–Trinajstić information content (AvgIpc) is 1.96. The van der Waals surface area contributed by atoms with E-state index in [2.05, 4.69) is 6.58 Å². The molecule has 12 heavy (non-hydrogen) atoms. The fraction of sp³-hybridized carbons (Fsp3) is 0.667. The van der Waals surface area contributed by atoms with Gasteiger partial charge >= 0.3 is 0 Å². The highest BCUT2D eigenvalue weighted by Crippen LogP contribution is 2.14. The summed E-state index contributed by atoms with van der Waals surface area (Å²) in [6.45, 7) is 7.65. The van der Waals surface area contributed by atoms with Gasteiger partial charge in [0.1, 0.15) is 0 Å². The molecule has 3 nitrogen and oxygen atoms in total. The van der Waals surface area contributed by atoms with Gasteiger partial charge in [-0.2, -0.15) is 0 Å². The molecular formula is C9H17NO2. The first-order valence-corrected chi connectivity index (χ1v) is 4.19. The molecule has 0 aromatic carbocycles. The number of nitrogens with zero attached hydrogens (tertiary/aromatic N) is 1. The van der Waals surface area contributed by atoms with Crippen LogP contribution in [0.4, 0.5) is 0 Å². The molecule has 0 radical (unpaired) electrons. The van der Waals surface area contributed by atoms with E-state index < -0.39 is 0 Å². The minimum absolute atomic E-state index is 0.103. The summed E-state index contributed by atoms with van der Waals surface area (Å²) in [4.78, 5) is -0.103. The third-order valence-electron chi connectivity index (χ3n) is 1.88. The molecule has 0 fully saturated rings. The van der Waals surface area contributed by atoms with E-state index in [0.717, 1.165) is 12.8 Å². The van der Waals surface area contributed by atoms with Gasteiger partial charge in [-0.3, -0.25) is 5.21 Å². The average molecular weight is 171 g/mol. The Hall–Kier alpha value is -0.990. The highest BCUT2D eigenvalue weighted by atomic mass is 16.8. The largest absolute Gasteiger partial charge is 0.418 e. The molecule has 0 aromatic rings. The summed E-state index contributed by atoms with van der Waals surface area (Å²) in [6.07, 6.45) is 4.84. The SMILES string of the molecule is C=CCCC(/C=[N+](\[O-])O)C(C)C. The van der Waals surface area contributed by atoms with Gasteiger partial charge in [0.05, 0.1) is 0 Å². The number of hydrogen-bond acceptors (Lipinski definition) is 2. The van der Waals surface area contributed by atoms with Crippen molar-refractivity contribution in [3.63, 3.8) is 0 Å². The molecule has 1 N–H and O–H groups in total. The molecule has 0 heterocycles. The van der Waals surface area contributed by atoms with Crippen LogP contribution in [-0.2, 0) is 0 Å². The quantitative estimate of drug-likeness (QED) is 0.226. The smallest absolute Gasteiger partial charge is 0.213 e. The van der Waals surface area contributed by atoms with E-state index in [9.17, 15) is 5.21 Å². The normalized spacial score (nSPS) is 14.8. The van der Waals surface area contributed by atoms with E-state index in [1.54, 1.807) is 0 Å². The zero-order valence-electron chi connectivity index (χ0n) is 7.73. The molecular weight excluding hydrogens is 154 g/mol. The van der Waals surface area contributed by atoms with E-state index in [1.807, 2.05) is 19.9 Å². The third-order valence-corrected chi connectivity index (χ3v) is 1.88. The highest BCUT2D eigenvalue weighted by Gasteiger charge is 2.14. The van der Waals surface area contributed by atoms with Crippen molar-refractivity contribution >= 4 is 6.21 Å². The molecule has 0 saturated heterocycles. The lowest BCUT2D eigenvalue weighted by Crippen LogP contribution is -2.15. The Morgan fingerprint density at radius 3 is 2.50 bits per heavy atom. The van der Waals surface area contributed by atoms with Crippen LogP contribution in [0.2, 0.25) is 0 Å². The van der Waals surface area contributed by atoms with Crippen LogP contribution in [-0.4, -0.2) is 16.3 Å². The van der Waals surface area contributed by atoms with Gasteiger partial charge in [-0.05, 0) is 18.8 Å². The van der Waals surface area contributed by atoms with Gasteiger partial charge in [0.15, 0.2) is 0 Å². The Bertz CT molecular complexity index is 160. The maximum atomic E-state index is 10.3. The number of hydrogen-bond donors (Lipinski definition) is 1. The van der Waals surface area contributed by atoms with E-state index in [4.69, 9.17) is 5.21 Å². The van der Waals surface area contributed by atoms with Gasteiger partial charge in [0.25, 0.3) is 0 Å². The first-order chi connectivity index (χ1) is 5.57. The monoisotopic (exact) mass is 171 g/mol. The second-order valence-electron chi connectivity index (χ2n) is 3.23. The highest BCUT2D eigenvalue weighted by molar-refractivity contribution is 5.55. The summed E-state index contributed by atoms with van der Waals surface area (Å²) in [5, 5.41) is 18.8. The Balaban J connectivity index is 4.04. The lowest BCUT2D eigenvalue weighted by molar-refractivity contribution is -0.724. The van der Waals surface area contributed by atoms with E-state index in [1.165, 1.54) is 6.21 Å². The Labute approximate surface area is 73.6 Å². The zero-order chi connectivity index (χ0) is 9.56. The molecule has 70 valence electrons. The first-order valence-electron chi connectivity index (χ1n) is 4.19. The Morgan fingerprint density at radius 2 is 2.17 bits per heavy atom. The van der Waals surface area contributed by atoms with Gasteiger partial charge in [-0.15, -0.1) is 6.58 Å². The standard InChI is InChI=1S/C9H17NO2/c1-4-5-6-9(8(2)3)7-10(11)12/h4,7-9H,1,5-6H2,2-3H3,(H,11,12). The van der Waals surface area contributed by atoms with Crippen LogP contribution >= 0.6 is 0 Å². The van der Waals surface area contributed by atoms with Crippen LogP contribution in [0.5, 0.6) is 0 Å². The molecule has 1 unspecified atom stereocenters. The lowest BCUT2D eigenvalue weighted by Gasteiger charge is -2.11. The Kier molecular flexibility index (Phi) is 5.17. The number of allylic oxidation sites excluding steroid dienone is 1. The molecule has 1 atom stereocenters. The van der Waals surface area contributed by atoms with E-state index in [-0.39, 0.29) is 10.8 Å². The van der Waals surface area contributed by atoms with Crippen molar-refractivity contribution < 1.29 is 10.1 Å². The van der Waals surface area contributed by atoms with Gasteiger partial charge in [0.2, 0.25) is 6.21 Å². The van der Waals surface area contributed by atoms with Gasteiger partial charge < -0.3 is 5.21 Å². The maximum absolute atomic E-state index is 10.3. The minimum Gasteiger partial charge on any atom is -0.418 e. The molecule has 0 rings (SSSR count).